The van der Waals surface area contributed by atoms with Crippen LogP contribution in [0.2, 0.25) is 0 Å². The van der Waals surface area contributed by atoms with Gasteiger partial charge in [-0.15, -0.1) is 0 Å². The molecule has 5 heteroatoms. The maximum atomic E-state index is 11.1. The summed E-state index contributed by atoms with van der Waals surface area (Å²) in [6.07, 6.45) is 4.34. The zero-order valence-corrected chi connectivity index (χ0v) is 11.5. The number of hydrogen-bond acceptors (Lipinski definition) is 4. The van der Waals surface area contributed by atoms with E-state index in [4.69, 9.17) is 0 Å². The normalized spacial score (nSPS) is 23.1. The van der Waals surface area contributed by atoms with Gasteiger partial charge in [0.2, 0.25) is 0 Å². The summed E-state index contributed by atoms with van der Waals surface area (Å²) in [6, 6.07) is 6.13. The van der Waals surface area contributed by atoms with Crippen molar-refractivity contribution in [3.8, 4) is 0 Å². The minimum atomic E-state index is -0.311. The van der Waals surface area contributed by atoms with Gasteiger partial charge in [0, 0.05) is 18.2 Å². The summed E-state index contributed by atoms with van der Waals surface area (Å²) < 4.78 is 0. The molecular weight excluding hydrogens is 242 g/mol. The third-order valence-electron chi connectivity index (χ3n) is 3.93. The van der Waals surface area contributed by atoms with Crippen LogP contribution >= 0.6 is 0 Å². The van der Waals surface area contributed by atoms with Crippen molar-refractivity contribution in [2.24, 2.45) is 0 Å². The summed E-state index contributed by atoms with van der Waals surface area (Å²) in [4.78, 5) is 10.8. The second kappa shape index (κ2) is 6.02. The van der Waals surface area contributed by atoms with Crippen LogP contribution in [-0.2, 0) is 0 Å². The van der Waals surface area contributed by atoms with E-state index in [0.29, 0.717) is 17.8 Å². The van der Waals surface area contributed by atoms with Crippen molar-refractivity contribution in [3.05, 3.63) is 33.9 Å². The monoisotopic (exact) mass is 263 g/mol. The number of nitro benzene ring substituents is 1. The lowest BCUT2D eigenvalue weighted by molar-refractivity contribution is -0.384. The topological polar surface area (TPSA) is 67.2 Å². The first kappa shape index (κ1) is 13.8. The molecule has 0 spiro atoms. The number of rotatable bonds is 4. The number of aryl methyl sites for hydroxylation is 1. The minimum Gasteiger partial charge on any atom is -0.377 e. The van der Waals surface area contributed by atoms with Crippen LogP contribution in [0.3, 0.4) is 0 Å². The molecule has 0 atom stereocenters. The Morgan fingerprint density at radius 3 is 2.42 bits per heavy atom. The molecule has 0 aromatic heterocycles. The number of nitrogens with zero attached hydrogens (tertiary/aromatic N) is 1. The van der Waals surface area contributed by atoms with Gasteiger partial charge in [-0.05, 0) is 45.2 Å². The van der Waals surface area contributed by atoms with Gasteiger partial charge < -0.3 is 10.6 Å². The van der Waals surface area contributed by atoms with Gasteiger partial charge in [0.1, 0.15) is 5.69 Å². The van der Waals surface area contributed by atoms with E-state index in [2.05, 4.69) is 10.6 Å². The van der Waals surface area contributed by atoms with Crippen molar-refractivity contribution in [1.29, 1.82) is 0 Å². The van der Waals surface area contributed by atoms with Gasteiger partial charge in [0.05, 0.1) is 4.92 Å². The second-order valence-electron chi connectivity index (χ2n) is 5.21. The molecule has 0 unspecified atom stereocenters. The second-order valence-corrected chi connectivity index (χ2v) is 5.21. The van der Waals surface area contributed by atoms with E-state index < -0.39 is 0 Å². The zero-order chi connectivity index (χ0) is 13.8. The predicted octanol–water partition coefficient (Wildman–Crippen LogP) is 2.85. The van der Waals surface area contributed by atoms with Gasteiger partial charge in [-0.3, -0.25) is 10.1 Å². The molecule has 1 aromatic carbocycles. The van der Waals surface area contributed by atoms with E-state index in [-0.39, 0.29) is 10.6 Å². The smallest absolute Gasteiger partial charge is 0.292 e. The quantitative estimate of drug-likeness (QED) is 0.647. The van der Waals surface area contributed by atoms with Crippen molar-refractivity contribution in [3.63, 3.8) is 0 Å². The molecule has 0 bridgehead atoms. The molecule has 1 aliphatic rings. The highest BCUT2D eigenvalue weighted by molar-refractivity contribution is 5.66. The molecular formula is C14H21N3O2. The fourth-order valence-corrected chi connectivity index (χ4v) is 2.72. The fourth-order valence-electron chi connectivity index (χ4n) is 2.72. The van der Waals surface area contributed by atoms with Crippen molar-refractivity contribution in [2.45, 2.75) is 44.7 Å². The van der Waals surface area contributed by atoms with Crippen LogP contribution in [0.5, 0.6) is 0 Å². The van der Waals surface area contributed by atoms with Crippen LogP contribution in [0.4, 0.5) is 11.4 Å². The van der Waals surface area contributed by atoms with Crippen LogP contribution in [0.25, 0.3) is 0 Å². The first-order valence-electron chi connectivity index (χ1n) is 6.79. The summed E-state index contributed by atoms with van der Waals surface area (Å²) in [5.41, 5.74) is 1.79. The first-order chi connectivity index (χ1) is 9.11. The van der Waals surface area contributed by atoms with Gasteiger partial charge in [-0.25, -0.2) is 0 Å². The van der Waals surface area contributed by atoms with E-state index >= 15 is 0 Å². The Labute approximate surface area is 113 Å². The Kier molecular flexibility index (Phi) is 4.37. The lowest BCUT2D eigenvalue weighted by Gasteiger charge is -2.29. The molecule has 0 amide bonds. The van der Waals surface area contributed by atoms with Gasteiger partial charge in [0.15, 0.2) is 0 Å². The SMILES string of the molecule is CNC1CCC(Nc2c(C)cccc2[N+](=O)[O-])CC1. The van der Waals surface area contributed by atoms with Crippen molar-refractivity contribution in [1.82, 2.24) is 5.32 Å². The van der Waals surface area contributed by atoms with E-state index in [9.17, 15) is 10.1 Å². The highest BCUT2D eigenvalue weighted by atomic mass is 16.6. The minimum absolute atomic E-state index is 0.177. The number of nitro groups is 1. The number of nitrogens with one attached hydrogen (secondary N) is 2. The highest BCUT2D eigenvalue weighted by Crippen LogP contribution is 2.31. The molecule has 2 N–H and O–H groups in total. The van der Waals surface area contributed by atoms with Crippen LogP contribution < -0.4 is 10.6 Å². The zero-order valence-electron chi connectivity index (χ0n) is 11.5. The summed E-state index contributed by atoms with van der Waals surface area (Å²) in [7, 11) is 1.99. The number of anilines is 1. The predicted molar refractivity (Wildman–Crippen MR) is 76.6 cm³/mol. The standard InChI is InChI=1S/C14H21N3O2/c1-10-4-3-5-13(17(18)19)14(10)16-12-8-6-11(15-2)7-9-12/h3-5,11-12,15-16H,6-9H2,1-2H3. The summed E-state index contributed by atoms with van der Waals surface area (Å²) in [6.45, 7) is 1.91. The van der Waals surface area contributed by atoms with Crippen LogP contribution in [0.15, 0.2) is 18.2 Å². The van der Waals surface area contributed by atoms with Gasteiger partial charge >= 0.3 is 0 Å². The average molecular weight is 263 g/mol. The molecule has 2 rings (SSSR count). The van der Waals surface area contributed by atoms with Crippen LogP contribution in [-0.4, -0.2) is 24.1 Å². The van der Waals surface area contributed by atoms with Gasteiger partial charge in [0.25, 0.3) is 5.69 Å². The highest BCUT2D eigenvalue weighted by Gasteiger charge is 2.23. The number of para-hydroxylation sites is 1. The van der Waals surface area contributed by atoms with Gasteiger partial charge in [-0.2, -0.15) is 0 Å². The molecule has 1 saturated carbocycles. The number of benzene rings is 1. The van der Waals surface area contributed by atoms with Crippen molar-refractivity contribution < 1.29 is 4.92 Å². The molecule has 104 valence electrons. The Morgan fingerprint density at radius 2 is 1.84 bits per heavy atom. The summed E-state index contributed by atoms with van der Waals surface area (Å²) in [5, 5.41) is 17.7. The van der Waals surface area contributed by atoms with E-state index in [1.54, 1.807) is 12.1 Å². The molecule has 0 radical (unpaired) electrons. The van der Waals surface area contributed by atoms with E-state index in [1.807, 2.05) is 20.0 Å². The molecule has 1 aliphatic carbocycles. The lowest BCUT2D eigenvalue weighted by Crippen LogP contribution is -2.35. The molecule has 0 saturated heterocycles. The van der Waals surface area contributed by atoms with Crippen LogP contribution in [0, 0.1) is 17.0 Å². The fraction of sp³-hybridized carbons (Fsp3) is 0.571. The van der Waals surface area contributed by atoms with E-state index in [0.717, 1.165) is 31.2 Å². The molecule has 19 heavy (non-hydrogen) atoms. The third kappa shape index (κ3) is 3.23. The largest absolute Gasteiger partial charge is 0.377 e. The molecule has 1 fully saturated rings. The molecule has 0 heterocycles. The van der Waals surface area contributed by atoms with Crippen LogP contribution in [0.1, 0.15) is 31.2 Å². The first-order valence-corrected chi connectivity index (χ1v) is 6.79. The molecule has 5 nitrogen and oxygen atoms in total. The van der Waals surface area contributed by atoms with E-state index in [1.165, 1.54) is 0 Å². The average Bonchev–Trinajstić information content (AvgIpc) is 2.41. The Morgan fingerprint density at radius 1 is 1.21 bits per heavy atom. The summed E-state index contributed by atoms with van der Waals surface area (Å²) >= 11 is 0. The van der Waals surface area contributed by atoms with Gasteiger partial charge in [-0.1, -0.05) is 12.1 Å². The number of hydrogen-bond donors (Lipinski definition) is 2. The maximum Gasteiger partial charge on any atom is 0.292 e. The lowest BCUT2D eigenvalue weighted by atomic mass is 9.91. The van der Waals surface area contributed by atoms with Crippen molar-refractivity contribution >= 4 is 11.4 Å². The molecule has 1 aromatic rings. The Hall–Kier alpha value is -1.62. The third-order valence-corrected chi connectivity index (χ3v) is 3.93. The maximum absolute atomic E-state index is 11.1. The Balaban J connectivity index is 2.09. The Bertz CT molecular complexity index is 454. The van der Waals surface area contributed by atoms with Crippen molar-refractivity contribution in [2.75, 3.05) is 12.4 Å². The molecule has 0 aliphatic heterocycles. The summed E-state index contributed by atoms with van der Waals surface area (Å²) in [5.74, 6) is 0.